The van der Waals surface area contributed by atoms with E-state index in [1.165, 1.54) is 16.8 Å². The third kappa shape index (κ3) is 3.73. The molecule has 0 atom stereocenters. The SMILES string of the molecule is Cc1c(C(=O)NCCn2nc(C3CC3)n(-c3ccccc3)c2=O)cccc1[N+](=O)[O-]. The second-order valence-electron chi connectivity index (χ2n) is 7.27. The Labute approximate surface area is 172 Å². The zero-order valence-corrected chi connectivity index (χ0v) is 16.4. The van der Waals surface area contributed by atoms with Gasteiger partial charge in [0.1, 0.15) is 5.82 Å². The molecule has 0 bridgehead atoms. The van der Waals surface area contributed by atoms with Gasteiger partial charge in [-0.3, -0.25) is 14.9 Å². The molecular formula is C21H21N5O4. The highest BCUT2D eigenvalue weighted by Crippen LogP contribution is 2.39. The Bertz CT molecular complexity index is 1160. The van der Waals surface area contributed by atoms with Crippen molar-refractivity contribution >= 4 is 11.6 Å². The molecule has 0 spiro atoms. The van der Waals surface area contributed by atoms with Crippen LogP contribution in [0.4, 0.5) is 5.69 Å². The molecule has 1 fully saturated rings. The second kappa shape index (κ2) is 7.94. The maximum Gasteiger partial charge on any atom is 0.350 e. The van der Waals surface area contributed by atoms with E-state index < -0.39 is 10.8 Å². The van der Waals surface area contributed by atoms with Gasteiger partial charge >= 0.3 is 5.69 Å². The highest BCUT2D eigenvalue weighted by molar-refractivity contribution is 5.96. The second-order valence-corrected chi connectivity index (χ2v) is 7.27. The minimum atomic E-state index is -0.513. The van der Waals surface area contributed by atoms with Crippen LogP contribution in [-0.4, -0.2) is 31.7 Å². The van der Waals surface area contributed by atoms with Gasteiger partial charge in [-0.1, -0.05) is 24.3 Å². The first-order valence-electron chi connectivity index (χ1n) is 9.74. The maximum absolute atomic E-state index is 12.9. The smallest absolute Gasteiger partial charge is 0.350 e. The summed E-state index contributed by atoms with van der Waals surface area (Å²) in [5.74, 6) is 0.600. The Hall–Kier alpha value is -3.75. The number of nitrogens with one attached hydrogen (secondary N) is 1. The van der Waals surface area contributed by atoms with Crippen molar-refractivity contribution in [1.29, 1.82) is 0 Å². The lowest BCUT2D eigenvalue weighted by Crippen LogP contribution is -2.32. The van der Waals surface area contributed by atoms with E-state index in [2.05, 4.69) is 10.4 Å². The molecule has 1 amide bonds. The van der Waals surface area contributed by atoms with Crippen LogP contribution in [0.5, 0.6) is 0 Å². The van der Waals surface area contributed by atoms with E-state index >= 15 is 0 Å². The van der Waals surface area contributed by atoms with E-state index in [0.717, 1.165) is 24.4 Å². The summed E-state index contributed by atoms with van der Waals surface area (Å²) in [6.45, 7) is 1.93. The molecule has 4 rings (SSSR count). The van der Waals surface area contributed by atoms with Gasteiger partial charge in [0.15, 0.2) is 0 Å². The molecule has 1 aromatic heterocycles. The fourth-order valence-electron chi connectivity index (χ4n) is 3.43. The summed E-state index contributed by atoms with van der Waals surface area (Å²) in [5.41, 5.74) is 0.969. The lowest BCUT2D eigenvalue weighted by molar-refractivity contribution is -0.385. The van der Waals surface area contributed by atoms with Crippen molar-refractivity contribution in [2.24, 2.45) is 0 Å². The number of nitro groups is 1. The van der Waals surface area contributed by atoms with Crippen LogP contribution in [-0.2, 0) is 6.54 Å². The molecule has 9 nitrogen and oxygen atoms in total. The van der Waals surface area contributed by atoms with Crippen molar-refractivity contribution in [3.8, 4) is 5.69 Å². The molecule has 0 radical (unpaired) electrons. The normalized spacial score (nSPS) is 13.2. The van der Waals surface area contributed by atoms with Crippen molar-refractivity contribution in [3.05, 3.63) is 86.1 Å². The Kier molecular flexibility index (Phi) is 5.18. The number of benzene rings is 2. The minimum Gasteiger partial charge on any atom is -0.350 e. The predicted octanol–water partition coefficient (Wildman–Crippen LogP) is 2.56. The molecule has 1 aliphatic carbocycles. The van der Waals surface area contributed by atoms with E-state index in [4.69, 9.17) is 0 Å². The molecule has 0 unspecified atom stereocenters. The van der Waals surface area contributed by atoms with Gasteiger partial charge in [-0.2, -0.15) is 5.10 Å². The summed E-state index contributed by atoms with van der Waals surface area (Å²) in [4.78, 5) is 36.0. The van der Waals surface area contributed by atoms with E-state index in [9.17, 15) is 19.7 Å². The Morgan fingerprint density at radius 1 is 1.20 bits per heavy atom. The number of carbonyl (C=O) groups is 1. The summed E-state index contributed by atoms with van der Waals surface area (Å²) in [6.07, 6.45) is 2.01. The lowest BCUT2D eigenvalue weighted by Gasteiger charge is -2.07. The summed E-state index contributed by atoms with van der Waals surface area (Å²) in [7, 11) is 0. The standard InChI is InChI=1S/C21H21N5O4/c1-14-17(8-5-9-18(14)26(29)30)20(27)22-12-13-24-21(28)25(16-6-3-2-4-7-16)19(23-24)15-10-11-15/h2-9,15H,10-13H2,1H3,(H,22,27). The van der Waals surface area contributed by atoms with Crippen LogP contribution < -0.4 is 11.0 Å². The number of carbonyl (C=O) groups excluding carboxylic acids is 1. The molecule has 0 saturated heterocycles. The number of aromatic nitrogens is 3. The van der Waals surface area contributed by atoms with Gasteiger partial charge < -0.3 is 5.32 Å². The van der Waals surface area contributed by atoms with Gasteiger partial charge in [0.05, 0.1) is 17.2 Å². The first kappa shape index (κ1) is 19.6. The molecule has 3 aromatic rings. The van der Waals surface area contributed by atoms with E-state index in [-0.39, 0.29) is 35.9 Å². The largest absolute Gasteiger partial charge is 0.350 e. The Morgan fingerprint density at radius 3 is 2.60 bits per heavy atom. The monoisotopic (exact) mass is 407 g/mol. The highest BCUT2D eigenvalue weighted by Gasteiger charge is 2.31. The summed E-state index contributed by atoms with van der Waals surface area (Å²) >= 11 is 0. The summed E-state index contributed by atoms with van der Waals surface area (Å²) in [5, 5.41) is 18.3. The van der Waals surface area contributed by atoms with Crippen molar-refractivity contribution in [1.82, 2.24) is 19.7 Å². The quantitative estimate of drug-likeness (QED) is 0.478. The number of amides is 1. The third-order valence-electron chi connectivity index (χ3n) is 5.18. The molecular weight excluding hydrogens is 386 g/mol. The molecule has 1 aliphatic rings. The number of para-hydroxylation sites is 1. The van der Waals surface area contributed by atoms with Gasteiger partial charge in [-0.25, -0.2) is 14.0 Å². The molecule has 0 aliphatic heterocycles. The summed E-state index contributed by atoms with van der Waals surface area (Å²) < 4.78 is 2.99. The number of nitrogens with zero attached hydrogens (tertiary/aromatic N) is 4. The van der Waals surface area contributed by atoms with Crippen LogP contribution in [0.2, 0.25) is 0 Å². The maximum atomic E-state index is 12.9. The number of hydrogen-bond acceptors (Lipinski definition) is 5. The lowest BCUT2D eigenvalue weighted by atomic mass is 10.1. The van der Waals surface area contributed by atoms with Gasteiger partial charge in [-0.05, 0) is 38.0 Å². The molecule has 1 heterocycles. The molecule has 2 aromatic carbocycles. The summed E-state index contributed by atoms with van der Waals surface area (Å²) in [6, 6.07) is 13.8. The number of hydrogen-bond donors (Lipinski definition) is 1. The van der Waals surface area contributed by atoms with Crippen molar-refractivity contribution in [2.45, 2.75) is 32.2 Å². The van der Waals surface area contributed by atoms with Crippen LogP contribution in [0.15, 0.2) is 53.3 Å². The van der Waals surface area contributed by atoms with Gasteiger partial charge in [0, 0.05) is 29.7 Å². The van der Waals surface area contributed by atoms with Crippen LogP contribution >= 0.6 is 0 Å². The van der Waals surface area contributed by atoms with Gasteiger partial charge in [-0.15, -0.1) is 0 Å². The minimum absolute atomic E-state index is 0.102. The zero-order valence-electron chi connectivity index (χ0n) is 16.4. The van der Waals surface area contributed by atoms with Gasteiger partial charge in [0.2, 0.25) is 0 Å². The van der Waals surface area contributed by atoms with E-state index in [1.54, 1.807) is 17.6 Å². The average Bonchev–Trinajstić information content (AvgIpc) is 3.53. The van der Waals surface area contributed by atoms with Crippen LogP contribution in [0.1, 0.15) is 40.5 Å². The fraction of sp³-hybridized carbons (Fsp3) is 0.286. The van der Waals surface area contributed by atoms with Gasteiger partial charge in [0.25, 0.3) is 11.6 Å². The topological polar surface area (TPSA) is 112 Å². The molecule has 1 N–H and O–H groups in total. The van der Waals surface area contributed by atoms with E-state index in [0.29, 0.717) is 5.56 Å². The first-order valence-corrected chi connectivity index (χ1v) is 9.74. The molecule has 1 saturated carbocycles. The average molecular weight is 407 g/mol. The Balaban J connectivity index is 1.50. The van der Waals surface area contributed by atoms with Crippen LogP contribution in [0.25, 0.3) is 5.69 Å². The third-order valence-corrected chi connectivity index (χ3v) is 5.18. The van der Waals surface area contributed by atoms with E-state index in [1.807, 2.05) is 30.3 Å². The van der Waals surface area contributed by atoms with Crippen LogP contribution in [0, 0.1) is 17.0 Å². The fourth-order valence-corrected chi connectivity index (χ4v) is 3.43. The predicted molar refractivity (Wildman–Crippen MR) is 110 cm³/mol. The van der Waals surface area contributed by atoms with Crippen molar-refractivity contribution < 1.29 is 9.72 Å². The zero-order chi connectivity index (χ0) is 21.3. The van der Waals surface area contributed by atoms with Crippen LogP contribution in [0.3, 0.4) is 0 Å². The number of rotatable bonds is 7. The Morgan fingerprint density at radius 2 is 1.93 bits per heavy atom. The number of nitro benzene ring substituents is 1. The van der Waals surface area contributed by atoms with Crippen molar-refractivity contribution in [3.63, 3.8) is 0 Å². The highest BCUT2D eigenvalue weighted by atomic mass is 16.6. The first-order chi connectivity index (χ1) is 14.5. The molecule has 9 heteroatoms. The molecule has 154 valence electrons. The molecule has 30 heavy (non-hydrogen) atoms. The van der Waals surface area contributed by atoms with Crippen molar-refractivity contribution in [2.75, 3.05) is 6.54 Å².